The van der Waals surface area contributed by atoms with Crippen molar-refractivity contribution in [3.05, 3.63) is 59.1 Å². The molecule has 0 radical (unpaired) electrons. The van der Waals surface area contributed by atoms with Crippen LogP contribution in [-0.4, -0.2) is 17.8 Å². The molecule has 0 aliphatic carbocycles. The normalized spacial score (nSPS) is 13.2. The molecule has 2 aromatic rings. The summed E-state index contributed by atoms with van der Waals surface area (Å²) in [6, 6.07) is 15.2. The minimum Gasteiger partial charge on any atom is -0.494 e. The van der Waals surface area contributed by atoms with E-state index in [9.17, 15) is 4.79 Å². The fourth-order valence-corrected chi connectivity index (χ4v) is 3.23. The number of halogens is 1. The van der Waals surface area contributed by atoms with Gasteiger partial charge < -0.3 is 10.1 Å². The third-order valence-corrected chi connectivity index (χ3v) is 4.89. The molecule has 1 amide bonds. The number of thioether (sulfide) groups is 1. The van der Waals surface area contributed by atoms with Crippen LogP contribution in [0.25, 0.3) is 0 Å². The van der Waals surface area contributed by atoms with E-state index < -0.39 is 0 Å². The van der Waals surface area contributed by atoms with Gasteiger partial charge in [-0.3, -0.25) is 4.79 Å². The number of benzene rings is 2. The summed E-state index contributed by atoms with van der Waals surface area (Å²) in [7, 11) is 0. The molecule has 0 aliphatic heterocycles. The molecule has 0 spiro atoms. The number of hydrogen-bond acceptors (Lipinski definition) is 3. The number of rotatable bonds is 7. The van der Waals surface area contributed by atoms with Gasteiger partial charge in [-0.1, -0.05) is 23.7 Å². The van der Waals surface area contributed by atoms with Crippen LogP contribution >= 0.6 is 23.4 Å². The molecule has 0 aromatic heterocycles. The number of hydrogen-bond donors (Lipinski definition) is 1. The standard InChI is InChI=1S/C19H22ClNO2S/c1-4-23-17-7-5-6-15(12-17)13(2)21-19(22)14(3)24-18-10-8-16(20)9-11-18/h5-14H,4H2,1-3H3,(H,21,22). The van der Waals surface area contributed by atoms with Gasteiger partial charge >= 0.3 is 0 Å². The van der Waals surface area contributed by atoms with Gasteiger partial charge in [0.05, 0.1) is 17.9 Å². The van der Waals surface area contributed by atoms with E-state index in [1.807, 2.05) is 69.3 Å². The van der Waals surface area contributed by atoms with Crippen molar-refractivity contribution in [1.82, 2.24) is 5.32 Å². The summed E-state index contributed by atoms with van der Waals surface area (Å²) in [6.07, 6.45) is 0. The lowest BCUT2D eigenvalue weighted by atomic mass is 10.1. The van der Waals surface area contributed by atoms with E-state index in [1.165, 1.54) is 11.8 Å². The number of carbonyl (C=O) groups is 1. The molecular weight excluding hydrogens is 342 g/mol. The third kappa shape index (κ3) is 5.46. The maximum atomic E-state index is 12.4. The highest BCUT2D eigenvalue weighted by Gasteiger charge is 2.17. The average molecular weight is 364 g/mol. The van der Waals surface area contributed by atoms with Gasteiger partial charge in [-0.05, 0) is 62.7 Å². The molecule has 1 N–H and O–H groups in total. The van der Waals surface area contributed by atoms with Crippen LogP contribution in [0.5, 0.6) is 5.75 Å². The van der Waals surface area contributed by atoms with Crippen LogP contribution in [-0.2, 0) is 4.79 Å². The summed E-state index contributed by atoms with van der Waals surface area (Å²) < 4.78 is 5.51. The Bertz CT molecular complexity index is 675. The molecule has 2 aromatic carbocycles. The van der Waals surface area contributed by atoms with Gasteiger partial charge in [-0.15, -0.1) is 11.8 Å². The van der Waals surface area contributed by atoms with Crippen molar-refractivity contribution in [2.24, 2.45) is 0 Å². The average Bonchev–Trinajstić information content (AvgIpc) is 2.57. The maximum Gasteiger partial charge on any atom is 0.233 e. The molecular formula is C19H22ClNO2S. The Balaban J connectivity index is 1.95. The summed E-state index contributed by atoms with van der Waals surface area (Å²) in [5.41, 5.74) is 1.03. The van der Waals surface area contributed by atoms with E-state index >= 15 is 0 Å². The molecule has 0 heterocycles. The first kappa shape index (κ1) is 18.7. The molecule has 0 bridgehead atoms. The van der Waals surface area contributed by atoms with Gasteiger partial charge in [0.25, 0.3) is 0 Å². The minimum absolute atomic E-state index is 0.00395. The first-order valence-electron chi connectivity index (χ1n) is 7.95. The Morgan fingerprint density at radius 1 is 1.21 bits per heavy atom. The predicted octanol–water partition coefficient (Wildman–Crippen LogP) is 5.10. The number of ether oxygens (including phenoxy) is 1. The van der Waals surface area contributed by atoms with E-state index in [0.29, 0.717) is 11.6 Å². The van der Waals surface area contributed by atoms with Crippen LogP contribution in [0.1, 0.15) is 32.4 Å². The highest BCUT2D eigenvalue weighted by molar-refractivity contribution is 8.00. The van der Waals surface area contributed by atoms with Gasteiger partial charge in [0.1, 0.15) is 5.75 Å². The van der Waals surface area contributed by atoms with Gasteiger partial charge in [0.15, 0.2) is 0 Å². The topological polar surface area (TPSA) is 38.3 Å². The second kappa shape index (κ2) is 9.00. The van der Waals surface area contributed by atoms with Gasteiger partial charge in [-0.25, -0.2) is 0 Å². The molecule has 2 unspecified atom stereocenters. The summed E-state index contributed by atoms with van der Waals surface area (Å²) in [6.45, 7) is 6.45. The highest BCUT2D eigenvalue weighted by Crippen LogP contribution is 2.26. The molecule has 5 heteroatoms. The Labute approximate surface area is 152 Å². The Morgan fingerprint density at radius 3 is 2.58 bits per heavy atom. The summed E-state index contributed by atoms with van der Waals surface area (Å²) in [5, 5.41) is 3.56. The van der Waals surface area contributed by atoms with Crippen molar-refractivity contribution in [2.45, 2.75) is 37.0 Å². The van der Waals surface area contributed by atoms with Gasteiger partial charge in [-0.2, -0.15) is 0 Å². The quantitative estimate of drug-likeness (QED) is 0.696. The Hall–Kier alpha value is -1.65. The molecule has 24 heavy (non-hydrogen) atoms. The monoisotopic (exact) mass is 363 g/mol. The number of amides is 1. The maximum absolute atomic E-state index is 12.4. The van der Waals surface area contributed by atoms with Crippen LogP contribution < -0.4 is 10.1 Å². The lowest BCUT2D eigenvalue weighted by Gasteiger charge is -2.18. The molecule has 2 atom stereocenters. The van der Waals surface area contributed by atoms with Crippen LogP contribution in [0.3, 0.4) is 0 Å². The van der Waals surface area contributed by atoms with Crippen molar-refractivity contribution < 1.29 is 9.53 Å². The zero-order chi connectivity index (χ0) is 17.5. The summed E-state index contributed by atoms with van der Waals surface area (Å²) >= 11 is 7.40. The number of nitrogens with one attached hydrogen (secondary N) is 1. The van der Waals surface area contributed by atoms with Crippen LogP contribution in [0.15, 0.2) is 53.4 Å². The van der Waals surface area contributed by atoms with Crippen molar-refractivity contribution in [3.8, 4) is 5.75 Å². The molecule has 2 rings (SSSR count). The Kier molecular flexibility index (Phi) is 7.00. The van der Waals surface area contributed by atoms with Gasteiger partial charge in [0.2, 0.25) is 5.91 Å². The molecule has 3 nitrogen and oxygen atoms in total. The second-order valence-corrected chi connectivity index (χ2v) is 7.30. The van der Waals surface area contributed by atoms with E-state index in [4.69, 9.17) is 16.3 Å². The van der Waals surface area contributed by atoms with Crippen molar-refractivity contribution in [3.63, 3.8) is 0 Å². The molecule has 0 aliphatic rings. The van der Waals surface area contributed by atoms with Gasteiger partial charge in [0, 0.05) is 9.92 Å². The summed E-state index contributed by atoms with van der Waals surface area (Å²) in [5.74, 6) is 0.823. The molecule has 128 valence electrons. The minimum atomic E-state index is -0.191. The third-order valence-electron chi connectivity index (χ3n) is 3.52. The predicted molar refractivity (Wildman–Crippen MR) is 101 cm³/mol. The lowest BCUT2D eigenvalue weighted by molar-refractivity contribution is -0.120. The lowest BCUT2D eigenvalue weighted by Crippen LogP contribution is -2.33. The van der Waals surface area contributed by atoms with Crippen molar-refractivity contribution in [2.75, 3.05) is 6.61 Å². The zero-order valence-electron chi connectivity index (χ0n) is 14.1. The van der Waals surface area contributed by atoms with Crippen molar-refractivity contribution in [1.29, 1.82) is 0 Å². The Morgan fingerprint density at radius 2 is 1.92 bits per heavy atom. The van der Waals surface area contributed by atoms with E-state index in [-0.39, 0.29) is 17.2 Å². The molecule has 0 fully saturated rings. The van der Waals surface area contributed by atoms with Crippen LogP contribution in [0.2, 0.25) is 5.02 Å². The van der Waals surface area contributed by atoms with Crippen LogP contribution in [0, 0.1) is 0 Å². The van der Waals surface area contributed by atoms with Crippen molar-refractivity contribution >= 4 is 29.3 Å². The first-order valence-corrected chi connectivity index (χ1v) is 9.20. The summed E-state index contributed by atoms with van der Waals surface area (Å²) in [4.78, 5) is 13.4. The van der Waals surface area contributed by atoms with E-state index in [0.717, 1.165) is 16.2 Å². The fourth-order valence-electron chi connectivity index (χ4n) is 2.23. The van der Waals surface area contributed by atoms with E-state index in [2.05, 4.69) is 5.32 Å². The van der Waals surface area contributed by atoms with Crippen LogP contribution in [0.4, 0.5) is 0 Å². The highest BCUT2D eigenvalue weighted by atomic mass is 35.5. The largest absolute Gasteiger partial charge is 0.494 e. The number of carbonyl (C=O) groups excluding carboxylic acids is 1. The molecule has 0 saturated heterocycles. The fraction of sp³-hybridized carbons (Fsp3) is 0.316. The second-order valence-electron chi connectivity index (χ2n) is 5.45. The zero-order valence-corrected chi connectivity index (χ0v) is 15.7. The smallest absolute Gasteiger partial charge is 0.233 e. The first-order chi connectivity index (χ1) is 11.5. The molecule has 0 saturated carbocycles. The van der Waals surface area contributed by atoms with E-state index in [1.54, 1.807) is 0 Å². The SMILES string of the molecule is CCOc1cccc(C(C)NC(=O)C(C)Sc2ccc(Cl)cc2)c1.